The first-order valence-electron chi connectivity index (χ1n) is 11.5. The molecule has 5 unspecified atom stereocenters. The van der Waals surface area contributed by atoms with E-state index < -0.39 is 14.9 Å². The van der Waals surface area contributed by atoms with Crippen LogP contribution in [0.25, 0.3) is 0 Å². The molecule has 176 valence electrons. The minimum absolute atomic E-state index is 0.00438. The third-order valence-electron chi connectivity index (χ3n) is 7.67. The van der Waals surface area contributed by atoms with E-state index >= 15 is 0 Å². The standard InChI is InChI=1S/C22H32N4O5S/c1-15(21-13-17-6-7-18(21)12-17)23-22(27)16(2)24-8-10-25(11-9-24)32(30,31)20-5-3-4-19(14-20)26(28)29/h3-5,14-18,21H,6-13H2,1-2H3,(H,23,27). The number of piperazine rings is 1. The van der Waals surface area contributed by atoms with Gasteiger partial charge in [-0.2, -0.15) is 4.31 Å². The number of non-ortho nitro benzene ring substituents is 1. The highest BCUT2D eigenvalue weighted by atomic mass is 32.2. The number of fused-ring (bicyclic) bond motifs is 2. The van der Waals surface area contributed by atoms with Crippen LogP contribution in [-0.4, -0.2) is 66.7 Å². The van der Waals surface area contributed by atoms with Crippen molar-refractivity contribution in [1.82, 2.24) is 14.5 Å². The minimum atomic E-state index is -3.82. The highest BCUT2D eigenvalue weighted by Crippen LogP contribution is 2.49. The topological polar surface area (TPSA) is 113 Å². The van der Waals surface area contributed by atoms with Gasteiger partial charge in [-0.1, -0.05) is 12.5 Å². The average Bonchev–Trinajstić information content (AvgIpc) is 3.42. The molecule has 0 spiro atoms. The van der Waals surface area contributed by atoms with E-state index in [9.17, 15) is 23.3 Å². The van der Waals surface area contributed by atoms with Gasteiger partial charge in [-0.25, -0.2) is 8.42 Å². The highest BCUT2D eigenvalue weighted by Gasteiger charge is 2.42. The van der Waals surface area contributed by atoms with E-state index in [1.54, 1.807) is 0 Å². The molecule has 0 radical (unpaired) electrons. The first-order valence-corrected chi connectivity index (χ1v) is 12.9. The molecule has 4 rings (SSSR count). The van der Waals surface area contributed by atoms with Crippen molar-refractivity contribution >= 4 is 21.6 Å². The lowest BCUT2D eigenvalue weighted by Crippen LogP contribution is -2.56. The lowest BCUT2D eigenvalue weighted by molar-refractivity contribution is -0.385. The van der Waals surface area contributed by atoms with Gasteiger partial charge >= 0.3 is 0 Å². The fourth-order valence-electron chi connectivity index (χ4n) is 5.76. The lowest BCUT2D eigenvalue weighted by atomic mass is 9.84. The van der Waals surface area contributed by atoms with Gasteiger partial charge in [-0.05, 0) is 56.9 Å². The van der Waals surface area contributed by atoms with Crippen molar-refractivity contribution in [2.24, 2.45) is 17.8 Å². The minimum Gasteiger partial charge on any atom is -0.352 e. The summed E-state index contributed by atoms with van der Waals surface area (Å²) >= 11 is 0. The summed E-state index contributed by atoms with van der Waals surface area (Å²) in [6.07, 6.45) is 5.14. The van der Waals surface area contributed by atoms with Gasteiger partial charge in [0.1, 0.15) is 0 Å². The van der Waals surface area contributed by atoms with E-state index in [1.165, 1.54) is 48.2 Å². The Morgan fingerprint density at radius 1 is 1.16 bits per heavy atom. The van der Waals surface area contributed by atoms with E-state index in [4.69, 9.17) is 0 Å². The first kappa shape index (κ1) is 23.1. The number of sulfonamides is 1. The number of nitrogens with zero attached hydrogens (tertiary/aromatic N) is 3. The summed E-state index contributed by atoms with van der Waals surface area (Å²) in [7, 11) is -3.82. The summed E-state index contributed by atoms with van der Waals surface area (Å²) in [5.41, 5.74) is -0.250. The predicted octanol–water partition coefficient (Wildman–Crippen LogP) is 2.23. The van der Waals surface area contributed by atoms with Gasteiger partial charge in [0.05, 0.1) is 15.9 Å². The lowest BCUT2D eigenvalue weighted by Gasteiger charge is -2.37. The Morgan fingerprint density at radius 3 is 2.47 bits per heavy atom. The molecule has 0 aromatic heterocycles. The van der Waals surface area contributed by atoms with E-state index in [-0.39, 0.29) is 41.7 Å². The fourth-order valence-corrected chi connectivity index (χ4v) is 7.22. The van der Waals surface area contributed by atoms with Crippen molar-refractivity contribution in [2.45, 2.75) is 56.5 Å². The predicted molar refractivity (Wildman–Crippen MR) is 119 cm³/mol. The third kappa shape index (κ3) is 4.53. The zero-order valence-corrected chi connectivity index (χ0v) is 19.5. The van der Waals surface area contributed by atoms with E-state index in [1.807, 2.05) is 11.8 Å². The molecule has 1 amide bonds. The van der Waals surface area contributed by atoms with Crippen LogP contribution in [0.15, 0.2) is 29.2 Å². The Balaban J connectivity index is 1.32. The van der Waals surface area contributed by atoms with Crippen LogP contribution in [0.4, 0.5) is 5.69 Å². The van der Waals surface area contributed by atoms with E-state index in [0.717, 1.165) is 17.9 Å². The van der Waals surface area contributed by atoms with Gasteiger partial charge in [-0.15, -0.1) is 0 Å². The monoisotopic (exact) mass is 464 g/mol. The Kier molecular flexibility index (Phi) is 6.56. The molecular formula is C22H32N4O5S. The number of amides is 1. The molecule has 2 aliphatic carbocycles. The van der Waals surface area contributed by atoms with Gasteiger partial charge in [0.25, 0.3) is 5.69 Å². The van der Waals surface area contributed by atoms with Crippen LogP contribution in [0.1, 0.15) is 39.5 Å². The molecule has 2 saturated carbocycles. The van der Waals surface area contributed by atoms with Crippen LogP contribution in [0, 0.1) is 27.9 Å². The van der Waals surface area contributed by atoms with Gasteiger partial charge < -0.3 is 5.32 Å². The second-order valence-corrected chi connectivity index (χ2v) is 11.4. The maximum atomic E-state index is 12.9. The van der Waals surface area contributed by atoms with E-state index in [2.05, 4.69) is 12.2 Å². The zero-order chi connectivity index (χ0) is 23.0. The molecule has 32 heavy (non-hydrogen) atoms. The number of hydrogen-bond acceptors (Lipinski definition) is 6. The van der Waals surface area contributed by atoms with Crippen LogP contribution >= 0.6 is 0 Å². The van der Waals surface area contributed by atoms with Crippen LogP contribution in [0.2, 0.25) is 0 Å². The maximum Gasteiger partial charge on any atom is 0.270 e. The van der Waals surface area contributed by atoms with Gasteiger partial charge in [-0.3, -0.25) is 19.8 Å². The Labute approximate surface area is 189 Å². The SMILES string of the molecule is CC(NC(=O)C(C)N1CCN(S(=O)(=O)c2cccc([N+](=O)[O-])c2)CC1)C1CC2CCC1C2. The van der Waals surface area contributed by atoms with Gasteiger partial charge in [0, 0.05) is 44.4 Å². The fraction of sp³-hybridized carbons (Fsp3) is 0.682. The molecule has 1 aromatic carbocycles. The molecule has 10 heteroatoms. The number of carbonyl (C=O) groups is 1. The summed E-state index contributed by atoms with van der Waals surface area (Å²) in [5.74, 6) is 2.15. The van der Waals surface area contributed by atoms with Crippen molar-refractivity contribution < 1.29 is 18.1 Å². The molecule has 2 bridgehead atoms. The highest BCUT2D eigenvalue weighted by molar-refractivity contribution is 7.89. The van der Waals surface area contributed by atoms with Crippen molar-refractivity contribution in [1.29, 1.82) is 0 Å². The number of nitro benzene ring substituents is 1. The zero-order valence-electron chi connectivity index (χ0n) is 18.6. The van der Waals surface area contributed by atoms with Gasteiger partial charge in [0.2, 0.25) is 15.9 Å². The van der Waals surface area contributed by atoms with Crippen LogP contribution in [0.3, 0.4) is 0 Å². The number of nitro groups is 1. The molecule has 3 aliphatic rings. The number of carbonyl (C=O) groups excluding carboxylic acids is 1. The summed E-state index contributed by atoms with van der Waals surface area (Å²) in [5, 5.41) is 14.2. The third-order valence-corrected chi connectivity index (χ3v) is 9.57. The molecule has 3 fully saturated rings. The van der Waals surface area contributed by atoms with Crippen molar-refractivity contribution in [3.63, 3.8) is 0 Å². The smallest absolute Gasteiger partial charge is 0.270 e. The Morgan fingerprint density at radius 2 is 1.88 bits per heavy atom. The van der Waals surface area contributed by atoms with Crippen LogP contribution < -0.4 is 5.32 Å². The molecule has 9 nitrogen and oxygen atoms in total. The summed E-state index contributed by atoms with van der Waals surface area (Å²) in [4.78, 5) is 25.2. The summed E-state index contributed by atoms with van der Waals surface area (Å²) < 4.78 is 27.2. The second kappa shape index (κ2) is 9.07. The number of nitrogens with one attached hydrogen (secondary N) is 1. The largest absolute Gasteiger partial charge is 0.352 e. The molecule has 1 saturated heterocycles. The molecule has 1 N–H and O–H groups in total. The molecule has 5 atom stereocenters. The second-order valence-electron chi connectivity index (χ2n) is 9.51. The summed E-state index contributed by atoms with van der Waals surface area (Å²) in [6, 6.07) is 4.95. The normalized spacial score (nSPS) is 28.4. The van der Waals surface area contributed by atoms with Crippen molar-refractivity contribution in [3.8, 4) is 0 Å². The molecule has 1 aromatic rings. The summed E-state index contributed by atoms with van der Waals surface area (Å²) in [6.45, 7) is 5.33. The Hall–Kier alpha value is -2.04. The molecular weight excluding hydrogens is 432 g/mol. The quantitative estimate of drug-likeness (QED) is 0.489. The average molecular weight is 465 g/mol. The van der Waals surface area contributed by atoms with Crippen LogP contribution in [0.5, 0.6) is 0 Å². The number of rotatable bonds is 7. The number of benzene rings is 1. The first-order chi connectivity index (χ1) is 15.2. The van der Waals surface area contributed by atoms with E-state index in [0.29, 0.717) is 19.0 Å². The van der Waals surface area contributed by atoms with Crippen molar-refractivity contribution in [2.75, 3.05) is 26.2 Å². The van der Waals surface area contributed by atoms with Crippen molar-refractivity contribution in [3.05, 3.63) is 34.4 Å². The van der Waals surface area contributed by atoms with Gasteiger partial charge in [0.15, 0.2) is 0 Å². The maximum absolute atomic E-state index is 12.9. The Bertz CT molecular complexity index is 976. The molecule has 1 heterocycles. The van der Waals surface area contributed by atoms with Crippen LogP contribution in [-0.2, 0) is 14.8 Å². The number of hydrogen-bond donors (Lipinski definition) is 1. The molecule has 1 aliphatic heterocycles.